The average molecular weight is 441 g/mol. The predicted molar refractivity (Wildman–Crippen MR) is 124 cm³/mol. The zero-order chi connectivity index (χ0) is 20.7. The maximum Gasteiger partial charge on any atom is 0.253 e. The van der Waals surface area contributed by atoms with Gasteiger partial charge in [-0.2, -0.15) is 0 Å². The first-order valence-electron chi connectivity index (χ1n) is 10.9. The third kappa shape index (κ3) is 3.63. The first-order valence-corrected chi connectivity index (χ1v) is 11.7. The van der Waals surface area contributed by atoms with Gasteiger partial charge in [0, 0.05) is 40.3 Å². The van der Waals surface area contributed by atoms with Crippen LogP contribution >= 0.6 is 23.2 Å². The van der Waals surface area contributed by atoms with Gasteiger partial charge in [-0.15, -0.1) is 0 Å². The van der Waals surface area contributed by atoms with Crippen LogP contribution in [0.25, 0.3) is 0 Å². The van der Waals surface area contributed by atoms with Crippen molar-refractivity contribution in [2.45, 2.75) is 44.1 Å². The lowest BCUT2D eigenvalue weighted by Crippen LogP contribution is -2.33. The van der Waals surface area contributed by atoms with Crippen molar-refractivity contribution in [3.63, 3.8) is 0 Å². The van der Waals surface area contributed by atoms with E-state index in [-0.39, 0.29) is 17.9 Å². The minimum absolute atomic E-state index is 0.120. The van der Waals surface area contributed by atoms with E-state index in [0.29, 0.717) is 16.0 Å². The van der Waals surface area contributed by atoms with Crippen LogP contribution in [0, 0.1) is 5.92 Å². The van der Waals surface area contributed by atoms with Gasteiger partial charge in [0.1, 0.15) is 0 Å². The summed E-state index contributed by atoms with van der Waals surface area (Å²) < 4.78 is 0. The van der Waals surface area contributed by atoms with E-state index in [2.05, 4.69) is 29.6 Å². The third-order valence-corrected chi connectivity index (χ3v) is 7.36. The topological polar surface area (TPSA) is 32.3 Å². The Hall–Kier alpha value is -1.97. The number of hydrogen-bond acceptors (Lipinski definition) is 2. The van der Waals surface area contributed by atoms with E-state index >= 15 is 0 Å². The van der Waals surface area contributed by atoms with E-state index < -0.39 is 0 Å². The van der Waals surface area contributed by atoms with Crippen molar-refractivity contribution in [1.29, 1.82) is 0 Å². The highest BCUT2D eigenvalue weighted by Crippen LogP contribution is 2.51. The number of halogens is 2. The summed E-state index contributed by atoms with van der Waals surface area (Å²) in [5, 5.41) is 5.06. The Morgan fingerprint density at radius 3 is 2.53 bits per heavy atom. The number of carbonyl (C=O) groups is 1. The number of allylic oxidation sites excluding steroid dienone is 2. The summed E-state index contributed by atoms with van der Waals surface area (Å²) >= 11 is 12.7. The van der Waals surface area contributed by atoms with Crippen LogP contribution in [-0.2, 0) is 0 Å². The molecule has 156 valence electrons. The van der Waals surface area contributed by atoms with Gasteiger partial charge < -0.3 is 10.2 Å². The lowest BCUT2D eigenvalue weighted by Gasteiger charge is -2.38. The lowest BCUT2D eigenvalue weighted by atomic mass is 9.76. The minimum Gasteiger partial charge on any atom is -0.378 e. The Labute approximate surface area is 188 Å². The van der Waals surface area contributed by atoms with Gasteiger partial charge in [0.05, 0.1) is 6.04 Å². The number of likely N-dealkylation sites (tertiary alicyclic amines) is 1. The normalized spacial score (nSPS) is 25.3. The number of hydrogen-bond donors (Lipinski definition) is 1. The summed E-state index contributed by atoms with van der Waals surface area (Å²) in [6.07, 6.45) is 10.2. The molecule has 5 heteroatoms. The molecule has 3 nitrogen and oxygen atoms in total. The zero-order valence-electron chi connectivity index (χ0n) is 16.9. The number of nitrogens with one attached hydrogen (secondary N) is 1. The van der Waals surface area contributed by atoms with E-state index in [9.17, 15) is 4.79 Å². The quantitative estimate of drug-likeness (QED) is 0.518. The molecule has 0 unspecified atom stereocenters. The molecule has 0 radical (unpaired) electrons. The fourth-order valence-corrected chi connectivity index (χ4v) is 5.77. The van der Waals surface area contributed by atoms with Crippen LogP contribution < -0.4 is 5.32 Å². The Morgan fingerprint density at radius 2 is 1.77 bits per heavy atom. The van der Waals surface area contributed by atoms with Crippen LogP contribution in [0.1, 0.15) is 65.5 Å². The zero-order valence-corrected chi connectivity index (χ0v) is 18.4. The van der Waals surface area contributed by atoms with E-state index in [1.165, 1.54) is 18.4 Å². The van der Waals surface area contributed by atoms with Crippen molar-refractivity contribution in [2.24, 2.45) is 5.92 Å². The van der Waals surface area contributed by atoms with Crippen LogP contribution in [0.3, 0.4) is 0 Å². The van der Waals surface area contributed by atoms with Crippen molar-refractivity contribution in [2.75, 3.05) is 18.4 Å². The van der Waals surface area contributed by atoms with Crippen LogP contribution in [0.4, 0.5) is 5.69 Å². The van der Waals surface area contributed by atoms with Crippen molar-refractivity contribution in [3.05, 3.63) is 75.3 Å². The summed E-state index contributed by atoms with van der Waals surface area (Å²) in [5.41, 5.74) is 4.19. The second-order valence-electron chi connectivity index (χ2n) is 8.65. The molecule has 0 bridgehead atoms. The minimum atomic E-state index is 0.120. The van der Waals surface area contributed by atoms with Crippen LogP contribution in [-0.4, -0.2) is 23.9 Å². The molecule has 5 rings (SSSR count). The summed E-state index contributed by atoms with van der Waals surface area (Å²) in [7, 11) is 0. The molecule has 2 aromatic carbocycles. The van der Waals surface area contributed by atoms with Crippen molar-refractivity contribution in [1.82, 2.24) is 4.90 Å². The van der Waals surface area contributed by atoms with Gasteiger partial charge in [0.25, 0.3) is 5.91 Å². The SMILES string of the molecule is O=C(c1ccc2c(c1)[C@H]1C=CC[C@@H]1[C@@H](c1ccc(Cl)cc1Cl)N2)N1CCCCCC1. The number of rotatable bonds is 2. The van der Waals surface area contributed by atoms with Crippen LogP contribution in [0.5, 0.6) is 0 Å². The largest absolute Gasteiger partial charge is 0.378 e. The fourth-order valence-electron chi connectivity index (χ4n) is 5.25. The standard InChI is InChI=1S/C25H26Cl2N2O/c26-17-9-10-20(22(27)15-17)24-19-7-5-6-18(19)21-14-16(8-11-23(21)28-24)25(30)29-12-3-1-2-4-13-29/h5-6,8-11,14-15,18-19,24,28H,1-4,7,12-13H2/t18-,19-,24-/m0/s1. The summed E-state index contributed by atoms with van der Waals surface area (Å²) in [6, 6.07) is 12.0. The molecule has 3 atom stereocenters. The van der Waals surface area contributed by atoms with Crippen LogP contribution in [0.15, 0.2) is 48.6 Å². The van der Waals surface area contributed by atoms with Gasteiger partial charge in [0.2, 0.25) is 0 Å². The molecule has 1 amide bonds. The molecule has 1 fully saturated rings. The van der Waals surface area contributed by atoms with Gasteiger partial charge in [-0.3, -0.25) is 4.79 Å². The van der Waals surface area contributed by atoms with E-state index in [1.807, 2.05) is 29.2 Å². The summed E-state index contributed by atoms with van der Waals surface area (Å²) in [6.45, 7) is 1.74. The van der Waals surface area contributed by atoms with Gasteiger partial charge in [-0.25, -0.2) is 0 Å². The highest BCUT2D eigenvalue weighted by molar-refractivity contribution is 6.35. The third-order valence-electron chi connectivity index (χ3n) is 6.80. The second-order valence-corrected chi connectivity index (χ2v) is 9.49. The van der Waals surface area contributed by atoms with Crippen molar-refractivity contribution in [3.8, 4) is 0 Å². The Bertz CT molecular complexity index is 995. The molecule has 0 saturated carbocycles. The molecule has 2 aromatic rings. The molecule has 1 N–H and O–H groups in total. The van der Waals surface area contributed by atoms with Gasteiger partial charge >= 0.3 is 0 Å². The van der Waals surface area contributed by atoms with Gasteiger partial charge in [-0.05, 0) is 66.6 Å². The molecule has 0 spiro atoms. The maximum absolute atomic E-state index is 13.2. The number of carbonyl (C=O) groups excluding carboxylic acids is 1. The number of nitrogens with zero attached hydrogens (tertiary/aromatic N) is 1. The maximum atomic E-state index is 13.2. The first kappa shape index (κ1) is 20.0. The van der Waals surface area contributed by atoms with Gasteiger partial charge in [0.15, 0.2) is 0 Å². The molecule has 1 saturated heterocycles. The van der Waals surface area contributed by atoms with Crippen molar-refractivity contribution < 1.29 is 4.79 Å². The fraction of sp³-hybridized carbons (Fsp3) is 0.400. The Balaban J connectivity index is 1.47. The van der Waals surface area contributed by atoms with E-state index in [4.69, 9.17) is 23.2 Å². The molecule has 2 heterocycles. The predicted octanol–water partition coefficient (Wildman–Crippen LogP) is 6.84. The first-order chi connectivity index (χ1) is 14.6. The molecule has 1 aliphatic carbocycles. The smallest absolute Gasteiger partial charge is 0.253 e. The summed E-state index contributed by atoms with van der Waals surface area (Å²) in [4.78, 5) is 15.2. The molecule has 0 aromatic heterocycles. The monoisotopic (exact) mass is 440 g/mol. The molecule has 2 aliphatic heterocycles. The molecular weight excluding hydrogens is 415 g/mol. The Kier molecular flexibility index (Phi) is 5.51. The molecule has 30 heavy (non-hydrogen) atoms. The molecule has 3 aliphatic rings. The van der Waals surface area contributed by atoms with Crippen LogP contribution in [0.2, 0.25) is 10.0 Å². The highest BCUT2D eigenvalue weighted by atomic mass is 35.5. The average Bonchev–Trinajstić information content (AvgIpc) is 3.08. The Morgan fingerprint density at radius 1 is 0.967 bits per heavy atom. The number of amides is 1. The number of anilines is 1. The lowest BCUT2D eigenvalue weighted by molar-refractivity contribution is 0.0761. The number of benzene rings is 2. The number of fused-ring (bicyclic) bond motifs is 3. The van der Waals surface area contributed by atoms with Gasteiger partial charge in [-0.1, -0.05) is 54.3 Å². The summed E-state index contributed by atoms with van der Waals surface area (Å²) in [5.74, 6) is 0.829. The second kappa shape index (κ2) is 8.28. The van der Waals surface area contributed by atoms with E-state index in [0.717, 1.165) is 49.2 Å². The van der Waals surface area contributed by atoms with E-state index in [1.54, 1.807) is 0 Å². The van der Waals surface area contributed by atoms with Crippen molar-refractivity contribution >= 4 is 34.8 Å². The molecular formula is C25H26Cl2N2O. The highest BCUT2D eigenvalue weighted by Gasteiger charge is 2.39.